The second-order valence-corrected chi connectivity index (χ2v) is 9.37. The predicted octanol–water partition coefficient (Wildman–Crippen LogP) is 1.25. The molecule has 3 N–H and O–H groups in total. The molecule has 9 nitrogen and oxygen atoms in total. The number of amides is 3. The van der Waals surface area contributed by atoms with Gasteiger partial charge in [-0.25, -0.2) is 13.2 Å². The highest BCUT2D eigenvalue weighted by atomic mass is 32.2. The molecule has 3 rings (SSSR count). The Morgan fingerprint density at radius 3 is 2.68 bits per heavy atom. The number of carbonyl (C=O) groups excluding carboxylic acids is 2. The summed E-state index contributed by atoms with van der Waals surface area (Å²) < 4.78 is 33.6. The van der Waals surface area contributed by atoms with Crippen molar-refractivity contribution in [3.05, 3.63) is 18.2 Å². The van der Waals surface area contributed by atoms with Crippen LogP contribution in [0.4, 0.5) is 10.5 Å². The van der Waals surface area contributed by atoms with Crippen molar-refractivity contribution in [2.75, 3.05) is 23.6 Å². The van der Waals surface area contributed by atoms with E-state index in [2.05, 4.69) is 16.0 Å². The standard InChI is InChI=1S/C18H25N3O6S/c1-3-11(2)16(21-18(23)20-13-6-7-28(24,25)9-13)17(22)19-12-4-5-14-15(8-12)27-10-26-14/h4-5,8,11,13,16H,3,6-7,9-10H2,1-2H3,(H,19,22)(H2,20,21,23)/t11-,13?,16+/m1/s1. The van der Waals surface area contributed by atoms with Crippen LogP contribution in [0.3, 0.4) is 0 Å². The summed E-state index contributed by atoms with van der Waals surface area (Å²) in [7, 11) is -3.10. The van der Waals surface area contributed by atoms with Crippen LogP contribution in [0.25, 0.3) is 0 Å². The van der Waals surface area contributed by atoms with E-state index >= 15 is 0 Å². The van der Waals surface area contributed by atoms with E-state index in [-0.39, 0.29) is 30.1 Å². The predicted molar refractivity (Wildman–Crippen MR) is 103 cm³/mol. The molecule has 1 fully saturated rings. The lowest BCUT2D eigenvalue weighted by Gasteiger charge is -2.24. The van der Waals surface area contributed by atoms with Crippen molar-refractivity contribution in [2.24, 2.45) is 5.92 Å². The van der Waals surface area contributed by atoms with Gasteiger partial charge in [-0.3, -0.25) is 4.79 Å². The van der Waals surface area contributed by atoms with E-state index in [0.717, 1.165) is 0 Å². The van der Waals surface area contributed by atoms with Crippen LogP contribution in [0.15, 0.2) is 18.2 Å². The third-order valence-electron chi connectivity index (χ3n) is 4.99. The monoisotopic (exact) mass is 411 g/mol. The molecule has 1 aromatic rings. The maximum atomic E-state index is 12.8. The molecule has 0 spiro atoms. The molecule has 1 unspecified atom stereocenters. The quantitative estimate of drug-likeness (QED) is 0.648. The molecule has 2 heterocycles. The van der Waals surface area contributed by atoms with Gasteiger partial charge in [0.15, 0.2) is 21.3 Å². The Bertz CT molecular complexity index is 857. The highest BCUT2D eigenvalue weighted by Crippen LogP contribution is 2.34. The number of nitrogens with one attached hydrogen (secondary N) is 3. The molecule has 3 atom stereocenters. The van der Waals surface area contributed by atoms with E-state index in [9.17, 15) is 18.0 Å². The maximum Gasteiger partial charge on any atom is 0.315 e. The van der Waals surface area contributed by atoms with Gasteiger partial charge in [-0.2, -0.15) is 0 Å². The summed E-state index contributed by atoms with van der Waals surface area (Å²) in [6, 6.07) is 3.32. The largest absolute Gasteiger partial charge is 0.454 e. The van der Waals surface area contributed by atoms with E-state index in [0.29, 0.717) is 30.0 Å². The third kappa shape index (κ3) is 4.86. The van der Waals surface area contributed by atoms with Gasteiger partial charge < -0.3 is 25.4 Å². The smallest absolute Gasteiger partial charge is 0.315 e. The van der Waals surface area contributed by atoms with Gasteiger partial charge in [-0.15, -0.1) is 0 Å². The Hall–Kier alpha value is -2.49. The fourth-order valence-electron chi connectivity index (χ4n) is 3.17. The van der Waals surface area contributed by atoms with Crippen molar-refractivity contribution in [1.82, 2.24) is 10.6 Å². The first-order valence-electron chi connectivity index (χ1n) is 9.25. The minimum atomic E-state index is -3.10. The van der Waals surface area contributed by atoms with Crippen LogP contribution in [0.1, 0.15) is 26.7 Å². The van der Waals surface area contributed by atoms with Gasteiger partial charge in [0.1, 0.15) is 6.04 Å². The Balaban J connectivity index is 1.62. The number of carbonyl (C=O) groups is 2. The zero-order valence-electron chi connectivity index (χ0n) is 15.9. The Morgan fingerprint density at radius 2 is 2.00 bits per heavy atom. The zero-order chi connectivity index (χ0) is 20.3. The van der Waals surface area contributed by atoms with Crippen molar-refractivity contribution in [3.63, 3.8) is 0 Å². The first-order chi connectivity index (χ1) is 13.3. The van der Waals surface area contributed by atoms with Crippen LogP contribution < -0.4 is 25.4 Å². The van der Waals surface area contributed by atoms with Crippen LogP contribution in [0, 0.1) is 5.92 Å². The number of sulfone groups is 1. The molecule has 10 heteroatoms. The van der Waals surface area contributed by atoms with Crippen LogP contribution >= 0.6 is 0 Å². The van der Waals surface area contributed by atoms with Crippen molar-refractivity contribution in [3.8, 4) is 11.5 Å². The number of rotatable bonds is 6. The molecule has 3 amide bonds. The van der Waals surface area contributed by atoms with Crippen molar-refractivity contribution in [1.29, 1.82) is 0 Å². The molecular formula is C18H25N3O6S. The SMILES string of the molecule is CC[C@@H](C)[C@H](NC(=O)NC1CCS(=O)(=O)C1)C(=O)Nc1ccc2c(c1)OCO2. The Kier molecular flexibility index (Phi) is 5.97. The fourth-order valence-corrected chi connectivity index (χ4v) is 4.85. The minimum absolute atomic E-state index is 0.0668. The number of urea groups is 1. The summed E-state index contributed by atoms with van der Waals surface area (Å²) >= 11 is 0. The van der Waals surface area contributed by atoms with Gasteiger partial charge in [-0.1, -0.05) is 20.3 Å². The van der Waals surface area contributed by atoms with Gasteiger partial charge in [0.2, 0.25) is 12.7 Å². The normalized spacial score (nSPS) is 21.6. The first kappa shape index (κ1) is 20.2. The lowest BCUT2D eigenvalue weighted by molar-refractivity contribution is -0.119. The molecule has 154 valence electrons. The summed E-state index contributed by atoms with van der Waals surface area (Å²) in [5.74, 6) is 0.677. The molecule has 0 aliphatic carbocycles. The summed E-state index contributed by atoms with van der Waals surface area (Å²) in [4.78, 5) is 25.1. The average Bonchev–Trinajstić information content (AvgIpc) is 3.24. The lowest BCUT2D eigenvalue weighted by Crippen LogP contribution is -2.53. The summed E-state index contributed by atoms with van der Waals surface area (Å²) in [5, 5.41) is 8.12. The summed E-state index contributed by atoms with van der Waals surface area (Å²) in [6.45, 7) is 3.93. The second kappa shape index (κ2) is 8.26. The van der Waals surface area contributed by atoms with Crippen molar-refractivity contribution >= 4 is 27.5 Å². The topological polar surface area (TPSA) is 123 Å². The minimum Gasteiger partial charge on any atom is -0.454 e. The molecule has 0 saturated carbocycles. The van der Waals surface area contributed by atoms with Gasteiger partial charge in [0.05, 0.1) is 11.5 Å². The Morgan fingerprint density at radius 1 is 1.25 bits per heavy atom. The molecular weight excluding hydrogens is 386 g/mol. The zero-order valence-corrected chi connectivity index (χ0v) is 16.7. The molecule has 0 aromatic heterocycles. The summed E-state index contributed by atoms with van der Waals surface area (Å²) in [5.41, 5.74) is 0.534. The van der Waals surface area contributed by atoms with Gasteiger partial charge in [0, 0.05) is 17.8 Å². The van der Waals surface area contributed by atoms with E-state index < -0.39 is 28.0 Å². The summed E-state index contributed by atoms with van der Waals surface area (Å²) in [6.07, 6.45) is 1.06. The number of benzene rings is 1. The molecule has 0 radical (unpaired) electrons. The Labute approximate surface area is 164 Å². The van der Waals surface area contributed by atoms with E-state index in [1.165, 1.54) is 0 Å². The number of hydrogen-bond acceptors (Lipinski definition) is 6. The highest BCUT2D eigenvalue weighted by molar-refractivity contribution is 7.91. The molecule has 0 bridgehead atoms. The maximum absolute atomic E-state index is 12.8. The van der Waals surface area contributed by atoms with Crippen LogP contribution in [0.2, 0.25) is 0 Å². The fraction of sp³-hybridized carbons (Fsp3) is 0.556. The van der Waals surface area contributed by atoms with E-state index in [4.69, 9.17) is 9.47 Å². The number of anilines is 1. The first-order valence-corrected chi connectivity index (χ1v) is 11.1. The number of fused-ring (bicyclic) bond motifs is 1. The lowest BCUT2D eigenvalue weighted by atomic mass is 9.98. The molecule has 1 saturated heterocycles. The molecule has 1 aromatic carbocycles. The average molecular weight is 411 g/mol. The van der Waals surface area contributed by atoms with Gasteiger partial charge in [-0.05, 0) is 24.5 Å². The second-order valence-electron chi connectivity index (χ2n) is 7.14. The van der Waals surface area contributed by atoms with Crippen LogP contribution in [-0.2, 0) is 14.6 Å². The molecule has 28 heavy (non-hydrogen) atoms. The van der Waals surface area contributed by atoms with E-state index in [1.54, 1.807) is 18.2 Å². The van der Waals surface area contributed by atoms with Gasteiger partial charge >= 0.3 is 6.03 Å². The van der Waals surface area contributed by atoms with Crippen LogP contribution in [0.5, 0.6) is 11.5 Å². The molecule has 2 aliphatic rings. The van der Waals surface area contributed by atoms with Gasteiger partial charge in [0.25, 0.3) is 0 Å². The van der Waals surface area contributed by atoms with Crippen molar-refractivity contribution in [2.45, 2.75) is 38.8 Å². The number of hydrogen-bond donors (Lipinski definition) is 3. The number of ether oxygens (including phenoxy) is 2. The third-order valence-corrected chi connectivity index (χ3v) is 6.76. The highest BCUT2D eigenvalue weighted by Gasteiger charge is 2.31. The van der Waals surface area contributed by atoms with Crippen molar-refractivity contribution < 1.29 is 27.5 Å². The van der Waals surface area contributed by atoms with E-state index in [1.807, 2.05) is 13.8 Å². The van der Waals surface area contributed by atoms with Crippen LogP contribution in [-0.4, -0.2) is 50.7 Å². The molecule has 2 aliphatic heterocycles.